The first kappa shape index (κ1) is 15.2. The summed E-state index contributed by atoms with van der Waals surface area (Å²) in [6.07, 6.45) is 3.33. The second kappa shape index (κ2) is 7.02. The number of aromatic nitrogens is 1. The average molecular weight is 279 g/mol. The highest BCUT2D eigenvalue weighted by Gasteiger charge is 2.30. The lowest BCUT2D eigenvalue weighted by Gasteiger charge is -2.35. The first-order valence-electron chi connectivity index (χ1n) is 7.29. The monoisotopic (exact) mass is 279 g/mol. The lowest BCUT2D eigenvalue weighted by atomic mass is 9.94. The molecule has 0 unspecified atom stereocenters. The molecule has 1 fully saturated rings. The van der Waals surface area contributed by atoms with Crippen LogP contribution in [0.2, 0.25) is 0 Å². The maximum atomic E-state index is 10.5. The molecule has 2 rings (SSSR count). The van der Waals surface area contributed by atoms with Crippen molar-refractivity contribution >= 4 is 5.82 Å². The Bertz CT molecular complexity index is 402. The number of ether oxygens (including phenoxy) is 1. The molecule has 2 heterocycles. The molecule has 1 aromatic heterocycles. The smallest absolute Gasteiger partial charge is 0.125 e. The summed E-state index contributed by atoms with van der Waals surface area (Å²) >= 11 is 0. The van der Waals surface area contributed by atoms with E-state index >= 15 is 0 Å². The van der Waals surface area contributed by atoms with Gasteiger partial charge in [-0.25, -0.2) is 4.98 Å². The molecule has 5 heteroatoms. The molecule has 1 aliphatic rings. The maximum absolute atomic E-state index is 10.5. The average Bonchev–Trinajstić information content (AvgIpc) is 2.41. The number of anilines is 1. The Labute approximate surface area is 121 Å². The Morgan fingerprint density at radius 3 is 2.75 bits per heavy atom. The van der Waals surface area contributed by atoms with E-state index in [0.29, 0.717) is 19.8 Å². The minimum atomic E-state index is -0.607. The number of hydrogen-bond acceptors (Lipinski definition) is 5. The van der Waals surface area contributed by atoms with Crippen LogP contribution < -0.4 is 5.32 Å². The van der Waals surface area contributed by atoms with Gasteiger partial charge in [0.05, 0.1) is 5.60 Å². The normalized spacial score (nSPS) is 18.2. The van der Waals surface area contributed by atoms with Gasteiger partial charge >= 0.3 is 0 Å². The summed E-state index contributed by atoms with van der Waals surface area (Å²) in [5, 5.41) is 13.7. The van der Waals surface area contributed by atoms with Gasteiger partial charge in [-0.3, -0.25) is 4.90 Å². The molecule has 112 valence electrons. The summed E-state index contributed by atoms with van der Waals surface area (Å²) < 4.78 is 5.31. The van der Waals surface area contributed by atoms with Crippen LogP contribution in [0.5, 0.6) is 0 Å². The van der Waals surface area contributed by atoms with Crippen LogP contribution in [0.25, 0.3) is 0 Å². The zero-order valence-electron chi connectivity index (χ0n) is 12.4. The van der Waals surface area contributed by atoms with Gasteiger partial charge in [-0.05, 0) is 25.6 Å². The molecule has 0 radical (unpaired) electrons. The second-order valence-electron chi connectivity index (χ2n) is 5.59. The van der Waals surface area contributed by atoms with Gasteiger partial charge in [-0.15, -0.1) is 0 Å². The van der Waals surface area contributed by atoms with Crippen molar-refractivity contribution in [1.29, 1.82) is 0 Å². The zero-order chi connectivity index (χ0) is 14.4. The summed E-state index contributed by atoms with van der Waals surface area (Å²) in [7, 11) is 2.03. The number of hydrogen-bond donors (Lipinski definition) is 2. The van der Waals surface area contributed by atoms with Crippen LogP contribution in [0.1, 0.15) is 25.3 Å². The summed E-state index contributed by atoms with van der Waals surface area (Å²) in [4.78, 5) is 6.51. The van der Waals surface area contributed by atoms with E-state index in [0.717, 1.165) is 37.3 Å². The van der Waals surface area contributed by atoms with Crippen LogP contribution in [-0.4, -0.2) is 53.9 Å². The van der Waals surface area contributed by atoms with Crippen molar-refractivity contribution in [3.63, 3.8) is 0 Å². The summed E-state index contributed by atoms with van der Waals surface area (Å²) in [5.74, 6) is 0.905. The largest absolute Gasteiger partial charge is 0.388 e. The summed E-state index contributed by atoms with van der Waals surface area (Å²) in [6.45, 7) is 5.71. The van der Waals surface area contributed by atoms with Crippen molar-refractivity contribution in [2.75, 3.05) is 38.7 Å². The lowest BCUT2D eigenvalue weighted by Crippen LogP contribution is -2.45. The van der Waals surface area contributed by atoms with Gasteiger partial charge < -0.3 is 15.2 Å². The number of likely N-dealkylation sites (N-methyl/N-ethyl adjacent to an activating group) is 1. The third-order valence-corrected chi connectivity index (χ3v) is 3.62. The van der Waals surface area contributed by atoms with Crippen LogP contribution in [0.4, 0.5) is 5.82 Å². The van der Waals surface area contributed by atoms with Crippen molar-refractivity contribution in [3.8, 4) is 0 Å². The first-order chi connectivity index (χ1) is 9.61. The van der Waals surface area contributed by atoms with Gasteiger partial charge in [0.25, 0.3) is 0 Å². The fourth-order valence-corrected chi connectivity index (χ4v) is 2.58. The topological polar surface area (TPSA) is 57.6 Å². The standard InChI is InChI=1S/C15H25N3O2/c1-3-16-14-5-4-13(10-17-14)11-18(2)12-15(19)6-8-20-9-7-15/h4-5,10,19H,3,6-9,11-12H2,1-2H3,(H,16,17). The predicted molar refractivity (Wildman–Crippen MR) is 79.7 cm³/mol. The molecular weight excluding hydrogens is 254 g/mol. The van der Waals surface area contributed by atoms with Crippen LogP contribution >= 0.6 is 0 Å². The molecule has 1 aliphatic heterocycles. The van der Waals surface area contributed by atoms with E-state index in [9.17, 15) is 5.11 Å². The number of rotatable bonds is 6. The molecule has 0 aliphatic carbocycles. The lowest BCUT2D eigenvalue weighted by molar-refractivity contribution is -0.0777. The Hall–Kier alpha value is -1.17. The maximum Gasteiger partial charge on any atom is 0.125 e. The van der Waals surface area contributed by atoms with Gasteiger partial charge in [-0.2, -0.15) is 0 Å². The molecule has 5 nitrogen and oxygen atoms in total. The minimum Gasteiger partial charge on any atom is -0.388 e. The van der Waals surface area contributed by atoms with Crippen molar-refractivity contribution in [3.05, 3.63) is 23.9 Å². The molecule has 0 spiro atoms. The Balaban J connectivity index is 1.85. The molecule has 20 heavy (non-hydrogen) atoms. The van der Waals surface area contributed by atoms with E-state index in [1.807, 2.05) is 19.3 Å². The third kappa shape index (κ3) is 4.44. The Kier molecular flexibility index (Phi) is 5.34. The SMILES string of the molecule is CCNc1ccc(CN(C)CC2(O)CCOCC2)cn1. The highest BCUT2D eigenvalue weighted by Crippen LogP contribution is 2.21. The molecule has 0 atom stereocenters. The van der Waals surface area contributed by atoms with Crippen molar-refractivity contribution in [2.45, 2.75) is 31.9 Å². The summed E-state index contributed by atoms with van der Waals surface area (Å²) in [6, 6.07) is 4.07. The van der Waals surface area contributed by atoms with E-state index in [-0.39, 0.29) is 0 Å². The van der Waals surface area contributed by atoms with Gasteiger partial charge in [0.15, 0.2) is 0 Å². The molecule has 1 saturated heterocycles. The van der Waals surface area contributed by atoms with Gasteiger partial charge in [0.1, 0.15) is 5.82 Å². The van der Waals surface area contributed by atoms with Crippen molar-refractivity contribution in [1.82, 2.24) is 9.88 Å². The Morgan fingerprint density at radius 2 is 2.15 bits per heavy atom. The molecule has 0 bridgehead atoms. The number of aliphatic hydroxyl groups is 1. The molecular formula is C15H25N3O2. The first-order valence-corrected chi connectivity index (χ1v) is 7.29. The van der Waals surface area contributed by atoms with E-state index < -0.39 is 5.60 Å². The number of nitrogens with zero attached hydrogens (tertiary/aromatic N) is 2. The van der Waals surface area contributed by atoms with Gasteiger partial charge in [-0.1, -0.05) is 6.07 Å². The predicted octanol–water partition coefficient (Wildman–Crippen LogP) is 1.49. The highest BCUT2D eigenvalue weighted by atomic mass is 16.5. The fraction of sp³-hybridized carbons (Fsp3) is 0.667. The quantitative estimate of drug-likeness (QED) is 0.826. The summed E-state index contributed by atoms with van der Waals surface area (Å²) in [5.41, 5.74) is 0.550. The molecule has 0 aromatic carbocycles. The van der Waals surface area contributed by atoms with Crippen LogP contribution in [0.3, 0.4) is 0 Å². The third-order valence-electron chi connectivity index (χ3n) is 3.62. The van der Waals surface area contributed by atoms with Crippen molar-refractivity contribution < 1.29 is 9.84 Å². The van der Waals surface area contributed by atoms with Crippen LogP contribution in [0.15, 0.2) is 18.3 Å². The number of pyridine rings is 1. The Morgan fingerprint density at radius 1 is 1.40 bits per heavy atom. The van der Waals surface area contributed by atoms with Gasteiger partial charge in [0, 0.05) is 51.9 Å². The number of nitrogens with one attached hydrogen (secondary N) is 1. The van der Waals surface area contributed by atoms with E-state index in [2.05, 4.69) is 28.2 Å². The second-order valence-corrected chi connectivity index (χ2v) is 5.59. The van der Waals surface area contributed by atoms with E-state index in [4.69, 9.17) is 4.74 Å². The van der Waals surface area contributed by atoms with Crippen LogP contribution in [-0.2, 0) is 11.3 Å². The molecule has 2 N–H and O–H groups in total. The molecule has 1 aromatic rings. The van der Waals surface area contributed by atoms with Crippen molar-refractivity contribution in [2.24, 2.45) is 0 Å². The molecule has 0 saturated carbocycles. The minimum absolute atomic E-state index is 0.607. The van der Waals surface area contributed by atoms with E-state index in [1.165, 1.54) is 0 Å². The zero-order valence-corrected chi connectivity index (χ0v) is 12.4. The highest BCUT2D eigenvalue weighted by molar-refractivity contribution is 5.35. The fourth-order valence-electron chi connectivity index (χ4n) is 2.58. The van der Waals surface area contributed by atoms with E-state index in [1.54, 1.807) is 0 Å². The van der Waals surface area contributed by atoms with Gasteiger partial charge in [0.2, 0.25) is 0 Å². The van der Waals surface area contributed by atoms with Crippen LogP contribution in [0, 0.1) is 0 Å². The molecule has 0 amide bonds.